The second-order valence-electron chi connectivity index (χ2n) is 4.59. The largest absolute Gasteiger partial charge is 0.493 e. The average molecular weight is 302 g/mol. The Morgan fingerprint density at radius 2 is 1.59 bits per heavy atom. The molecule has 0 fully saturated rings. The summed E-state index contributed by atoms with van der Waals surface area (Å²) >= 11 is 0. The molecule has 22 heavy (non-hydrogen) atoms. The minimum Gasteiger partial charge on any atom is -0.493 e. The van der Waals surface area contributed by atoms with Crippen LogP contribution in [0.25, 0.3) is 0 Å². The fourth-order valence-electron chi connectivity index (χ4n) is 2.37. The van der Waals surface area contributed by atoms with Gasteiger partial charge < -0.3 is 4.74 Å². The van der Waals surface area contributed by atoms with Crippen molar-refractivity contribution in [3.8, 4) is 5.75 Å². The number of benzene rings is 2. The van der Waals surface area contributed by atoms with Gasteiger partial charge in [0.05, 0.1) is 14.9 Å². The molecule has 3 nitrogen and oxygen atoms in total. The predicted octanol–water partition coefficient (Wildman–Crippen LogP) is 4.03. The normalized spacial score (nSPS) is 20.8. The summed E-state index contributed by atoms with van der Waals surface area (Å²) in [4.78, 5) is 25.8. The first-order chi connectivity index (χ1) is 13.6. The summed E-state index contributed by atoms with van der Waals surface area (Å²) in [5.41, 5.74) is -0.0156. The molecule has 0 atom stereocenters. The van der Waals surface area contributed by atoms with Gasteiger partial charge in [-0.3, -0.25) is 9.59 Å². The van der Waals surface area contributed by atoms with E-state index in [0.717, 1.165) is 6.92 Å². The lowest BCUT2D eigenvalue weighted by atomic mass is 9.83. The van der Waals surface area contributed by atoms with Gasteiger partial charge in [0, 0.05) is 24.9 Å². The van der Waals surface area contributed by atoms with Crippen LogP contribution in [0.1, 0.15) is 68.9 Å². The summed E-state index contributed by atoms with van der Waals surface area (Å²) < 4.78 is 68.0. The highest BCUT2D eigenvalue weighted by molar-refractivity contribution is 6.29. The molecule has 3 rings (SSSR count). The summed E-state index contributed by atoms with van der Waals surface area (Å²) in [6, 6.07) is 9.98. The lowest BCUT2D eigenvalue weighted by molar-refractivity contribution is 0.0975. The van der Waals surface area contributed by atoms with Gasteiger partial charge >= 0.3 is 0 Å². The van der Waals surface area contributed by atoms with E-state index < -0.39 is 43.0 Å². The number of hydrogen-bond acceptors (Lipinski definition) is 3. The van der Waals surface area contributed by atoms with Crippen LogP contribution < -0.4 is 4.74 Å². The molecule has 1 aliphatic rings. The molecule has 0 bridgehead atoms. The van der Waals surface area contributed by atoms with Gasteiger partial charge in [0.1, 0.15) is 5.75 Å². The fraction of sp³-hybridized carbons (Fsp3) is 0.263. The van der Waals surface area contributed by atoms with E-state index in [0.29, 0.717) is 0 Å². The zero-order valence-corrected chi connectivity index (χ0v) is 11.8. The number of ketones is 2. The van der Waals surface area contributed by atoms with Crippen molar-refractivity contribution in [2.45, 2.75) is 26.0 Å². The van der Waals surface area contributed by atoms with Crippen LogP contribution in [-0.2, 0) is 0 Å². The first kappa shape index (κ1) is 7.73. The molecule has 3 heteroatoms. The third kappa shape index (κ3) is 2.43. The maximum Gasteiger partial charge on any atom is 0.198 e. The Labute approximate surface area is 141 Å². The molecule has 2 aromatic carbocycles. The van der Waals surface area contributed by atoms with E-state index in [9.17, 15) is 9.59 Å². The molecule has 112 valence electrons. The Balaban J connectivity index is 2.10. The summed E-state index contributed by atoms with van der Waals surface area (Å²) in [6.45, 7) is -2.58. The van der Waals surface area contributed by atoms with Crippen molar-refractivity contribution >= 4 is 11.6 Å². The number of carbonyl (C=O) groups excluding carboxylic acids is 2. The number of ether oxygens (including phenoxy) is 1. The van der Waals surface area contributed by atoms with Crippen LogP contribution in [0, 0.1) is 0 Å². The topological polar surface area (TPSA) is 43.4 Å². The van der Waals surface area contributed by atoms with E-state index in [-0.39, 0.29) is 22.3 Å². The van der Waals surface area contributed by atoms with Crippen molar-refractivity contribution in [3.63, 3.8) is 0 Å². The molecular formula is C19H18O3. The molecule has 0 saturated carbocycles. The molecule has 0 aromatic heterocycles. The van der Waals surface area contributed by atoms with E-state index in [1.165, 1.54) is 30.3 Å². The van der Waals surface area contributed by atoms with Crippen molar-refractivity contribution in [3.05, 3.63) is 64.7 Å². The first-order valence-electron chi connectivity index (χ1n) is 10.6. The zero-order valence-electron chi connectivity index (χ0n) is 19.8. The Morgan fingerprint density at radius 3 is 2.32 bits per heavy atom. The van der Waals surface area contributed by atoms with E-state index in [1.807, 2.05) is 0 Å². The molecule has 0 amide bonds. The van der Waals surface area contributed by atoms with Gasteiger partial charge in [0.2, 0.25) is 0 Å². The molecule has 2 aromatic rings. The van der Waals surface area contributed by atoms with E-state index >= 15 is 0 Å². The average Bonchev–Trinajstić information content (AvgIpc) is 2.64. The van der Waals surface area contributed by atoms with Crippen LogP contribution in [0.3, 0.4) is 0 Å². The summed E-state index contributed by atoms with van der Waals surface area (Å²) in [7, 11) is 0. The molecule has 0 spiro atoms. The molecular weight excluding hydrogens is 276 g/mol. The van der Waals surface area contributed by atoms with Crippen molar-refractivity contribution < 1.29 is 25.3 Å². The van der Waals surface area contributed by atoms with Crippen molar-refractivity contribution in [2.75, 3.05) is 6.56 Å². The summed E-state index contributed by atoms with van der Waals surface area (Å²) in [5, 5.41) is 0. The monoisotopic (exact) mass is 302 g/mol. The highest BCUT2D eigenvalue weighted by atomic mass is 16.5. The van der Waals surface area contributed by atoms with Gasteiger partial charge in [-0.05, 0) is 12.4 Å². The third-order valence-corrected chi connectivity index (χ3v) is 3.31. The Morgan fingerprint density at radius 1 is 0.909 bits per heavy atom. The minimum absolute atomic E-state index is 0.0404. The van der Waals surface area contributed by atoms with Crippen LogP contribution in [-0.4, -0.2) is 18.1 Å². The van der Waals surface area contributed by atoms with E-state index in [1.54, 1.807) is 12.1 Å². The van der Waals surface area contributed by atoms with Gasteiger partial charge in [-0.2, -0.15) is 0 Å². The summed E-state index contributed by atoms with van der Waals surface area (Å²) in [5.74, 6) is -1.52. The van der Waals surface area contributed by atoms with Gasteiger partial charge in [0.15, 0.2) is 11.6 Å². The second kappa shape index (κ2) is 6.14. The maximum atomic E-state index is 13.0. The predicted molar refractivity (Wildman–Crippen MR) is 84.8 cm³/mol. The highest BCUT2D eigenvalue weighted by Crippen LogP contribution is 2.33. The van der Waals surface area contributed by atoms with Crippen molar-refractivity contribution in [2.24, 2.45) is 0 Å². The molecule has 0 unspecified atom stereocenters. The quantitative estimate of drug-likeness (QED) is 0.714. The smallest absolute Gasteiger partial charge is 0.198 e. The minimum atomic E-state index is -3.46. The van der Waals surface area contributed by atoms with Gasteiger partial charge in [-0.15, -0.1) is 0 Å². The third-order valence-electron chi connectivity index (χ3n) is 3.31. The summed E-state index contributed by atoms with van der Waals surface area (Å²) in [6.07, 6.45) is -9.49. The fourth-order valence-corrected chi connectivity index (χ4v) is 2.37. The van der Waals surface area contributed by atoms with Crippen molar-refractivity contribution in [1.29, 1.82) is 0 Å². The molecule has 0 aliphatic heterocycles. The second-order valence-corrected chi connectivity index (χ2v) is 4.59. The molecule has 0 N–H and O–H groups in total. The number of hydrogen-bond donors (Lipinski definition) is 0. The van der Waals surface area contributed by atoms with Gasteiger partial charge in [0.25, 0.3) is 0 Å². The maximum absolute atomic E-state index is 13.0. The van der Waals surface area contributed by atoms with Crippen LogP contribution in [0.4, 0.5) is 0 Å². The molecule has 1 aliphatic carbocycles. The number of carbonyl (C=O) groups is 2. The Bertz CT molecular complexity index is 1040. The highest BCUT2D eigenvalue weighted by Gasteiger charge is 2.31. The Kier molecular flexibility index (Phi) is 2.16. The van der Waals surface area contributed by atoms with Crippen LogP contribution in [0.15, 0.2) is 42.5 Å². The molecule has 0 heterocycles. The van der Waals surface area contributed by atoms with E-state index in [4.69, 9.17) is 15.7 Å². The first-order valence-corrected chi connectivity index (χ1v) is 6.64. The SMILES string of the molecule is [2H]C([2H])(C)C([2H])([2H])C([2H])([2H])C([2H])([2H])Oc1cccc2c1C(=O)c1ccccc1C2=O. The lowest BCUT2D eigenvalue weighted by Gasteiger charge is -2.20. The van der Waals surface area contributed by atoms with E-state index in [2.05, 4.69) is 0 Å². The standard InChI is InChI=1S/C19H18O3/c1-2-3-6-12-22-16-11-7-10-15-17(16)19(21)14-9-5-4-8-13(14)18(15)20/h4-5,7-11H,2-3,6,12H2,1H3/i2D2,3D2,6D2,12D2. The van der Waals surface area contributed by atoms with Crippen LogP contribution in [0.5, 0.6) is 5.75 Å². The van der Waals surface area contributed by atoms with Crippen LogP contribution >= 0.6 is 0 Å². The molecule has 0 saturated heterocycles. The zero-order chi connectivity index (χ0) is 22.7. The lowest BCUT2D eigenvalue weighted by Crippen LogP contribution is -2.21. The Hall–Kier alpha value is -2.42. The van der Waals surface area contributed by atoms with Crippen LogP contribution in [0.2, 0.25) is 0 Å². The van der Waals surface area contributed by atoms with Gasteiger partial charge in [-0.1, -0.05) is 56.1 Å². The molecule has 0 radical (unpaired) electrons. The van der Waals surface area contributed by atoms with Crippen molar-refractivity contribution in [1.82, 2.24) is 0 Å². The van der Waals surface area contributed by atoms with Gasteiger partial charge in [-0.25, -0.2) is 0 Å². The number of fused-ring (bicyclic) bond motifs is 2. The number of rotatable bonds is 5.